The van der Waals surface area contributed by atoms with E-state index in [2.05, 4.69) is 16.6 Å². The Morgan fingerprint density at radius 1 is 1.39 bits per heavy atom. The van der Waals surface area contributed by atoms with Gasteiger partial charge < -0.3 is 4.74 Å². The molecule has 0 fully saturated rings. The predicted molar refractivity (Wildman–Crippen MR) is 66.1 cm³/mol. The summed E-state index contributed by atoms with van der Waals surface area (Å²) in [6.07, 6.45) is -0.0301. The van der Waals surface area contributed by atoms with Crippen molar-refractivity contribution in [3.05, 3.63) is 38.9 Å². The highest BCUT2D eigenvalue weighted by Crippen LogP contribution is 2.21. The SMILES string of the molecule is COC(=O)CC#Cc1cc([N+](=O)[O-])c(C)cc1C. The number of carbonyl (C=O) groups excluding carboxylic acids is 1. The van der Waals surface area contributed by atoms with Crippen LogP contribution in [0.4, 0.5) is 5.69 Å². The molecule has 1 aromatic rings. The Morgan fingerprint density at radius 3 is 2.61 bits per heavy atom. The smallest absolute Gasteiger partial charge is 0.317 e. The second-order valence-electron chi connectivity index (χ2n) is 3.77. The zero-order valence-corrected chi connectivity index (χ0v) is 10.4. The third-order valence-corrected chi connectivity index (χ3v) is 2.42. The molecule has 0 aliphatic heterocycles. The quantitative estimate of drug-likeness (QED) is 0.347. The van der Waals surface area contributed by atoms with Crippen molar-refractivity contribution in [3.8, 4) is 11.8 Å². The number of esters is 1. The van der Waals surface area contributed by atoms with Gasteiger partial charge in [0.1, 0.15) is 6.42 Å². The highest BCUT2D eigenvalue weighted by atomic mass is 16.6. The van der Waals surface area contributed by atoms with E-state index in [1.165, 1.54) is 13.2 Å². The van der Waals surface area contributed by atoms with Gasteiger partial charge in [-0.05, 0) is 25.5 Å². The maximum absolute atomic E-state index is 10.9. The molecule has 18 heavy (non-hydrogen) atoms. The predicted octanol–water partition coefficient (Wildman–Crippen LogP) is 2.13. The highest BCUT2D eigenvalue weighted by Gasteiger charge is 2.12. The van der Waals surface area contributed by atoms with Crippen LogP contribution >= 0.6 is 0 Å². The lowest BCUT2D eigenvalue weighted by molar-refractivity contribution is -0.385. The first kappa shape index (κ1) is 13.7. The molecular weight excluding hydrogens is 234 g/mol. The standard InChI is InChI=1S/C13H13NO4/c1-9-7-10(2)12(14(16)17)8-11(9)5-4-6-13(15)18-3/h7-8H,6H2,1-3H3. The number of carbonyl (C=O) groups is 1. The molecule has 0 heterocycles. The van der Waals surface area contributed by atoms with Gasteiger partial charge in [0.15, 0.2) is 0 Å². The van der Waals surface area contributed by atoms with E-state index in [0.717, 1.165) is 5.56 Å². The number of rotatable bonds is 2. The maximum Gasteiger partial charge on any atom is 0.317 e. The van der Waals surface area contributed by atoms with Gasteiger partial charge in [-0.2, -0.15) is 0 Å². The number of nitro groups is 1. The minimum absolute atomic E-state index is 0.0301. The van der Waals surface area contributed by atoms with E-state index < -0.39 is 10.9 Å². The fourth-order valence-corrected chi connectivity index (χ4v) is 1.46. The average Bonchev–Trinajstić information content (AvgIpc) is 2.31. The molecule has 0 N–H and O–H groups in total. The topological polar surface area (TPSA) is 69.4 Å². The summed E-state index contributed by atoms with van der Waals surface area (Å²) in [7, 11) is 1.28. The molecule has 0 radical (unpaired) electrons. The zero-order chi connectivity index (χ0) is 13.7. The Labute approximate surface area is 105 Å². The van der Waals surface area contributed by atoms with Crippen LogP contribution in [0.5, 0.6) is 0 Å². The number of nitrogens with zero attached hydrogens (tertiary/aromatic N) is 1. The van der Waals surface area contributed by atoms with Crippen molar-refractivity contribution in [2.75, 3.05) is 7.11 Å². The number of hydrogen-bond donors (Lipinski definition) is 0. The fourth-order valence-electron chi connectivity index (χ4n) is 1.46. The summed E-state index contributed by atoms with van der Waals surface area (Å²) >= 11 is 0. The van der Waals surface area contributed by atoms with Gasteiger partial charge in [-0.15, -0.1) is 0 Å². The number of aryl methyl sites for hydroxylation is 2. The summed E-state index contributed by atoms with van der Waals surface area (Å²) in [5, 5.41) is 10.8. The molecule has 0 saturated heterocycles. The second-order valence-corrected chi connectivity index (χ2v) is 3.77. The molecule has 0 spiro atoms. The Hall–Kier alpha value is -2.35. The third-order valence-electron chi connectivity index (χ3n) is 2.42. The summed E-state index contributed by atoms with van der Waals surface area (Å²) in [5.74, 6) is 4.95. The molecule has 5 heteroatoms. The average molecular weight is 247 g/mol. The van der Waals surface area contributed by atoms with Gasteiger partial charge in [-0.1, -0.05) is 11.8 Å². The molecule has 94 valence electrons. The van der Waals surface area contributed by atoms with E-state index in [0.29, 0.717) is 11.1 Å². The van der Waals surface area contributed by atoms with Crippen LogP contribution in [-0.2, 0) is 9.53 Å². The van der Waals surface area contributed by atoms with Gasteiger partial charge in [0.05, 0.1) is 12.0 Å². The van der Waals surface area contributed by atoms with E-state index in [9.17, 15) is 14.9 Å². The molecule has 1 aromatic carbocycles. The van der Waals surface area contributed by atoms with Crippen LogP contribution < -0.4 is 0 Å². The number of ether oxygens (including phenoxy) is 1. The molecule has 0 bridgehead atoms. The van der Waals surface area contributed by atoms with Gasteiger partial charge in [0.2, 0.25) is 0 Å². The molecule has 0 aliphatic rings. The third kappa shape index (κ3) is 3.32. The normalized spacial score (nSPS) is 9.28. The van der Waals surface area contributed by atoms with Crippen LogP contribution in [0.2, 0.25) is 0 Å². The molecule has 0 unspecified atom stereocenters. The van der Waals surface area contributed by atoms with Gasteiger partial charge in [0, 0.05) is 17.2 Å². The van der Waals surface area contributed by atoms with Crippen LogP contribution in [0.15, 0.2) is 12.1 Å². The van der Waals surface area contributed by atoms with E-state index in [-0.39, 0.29) is 12.1 Å². The monoisotopic (exact) mass is 247 g/mol. The lowest BCUT2D eigenvalue weighted by Crippen LogP contribution is -1.97. The van der Waals surface area contributed by atoms with E-state index in [4.69, 9.17) is 0 Å². The zero-order valence-electron chi connectivity index (χ0n) is 10.4. The molecule has 1 rings (SSSR count). The molecule has 0 aromatic heterocycles. The van der Waals surface area contributed by atoms with E-state index >= 15 is 0 Å². The second kappa shape index (κ2) is 5.82. The molecule has 5 nitrogen and oxygen atoms in total. The van der Waals surface area contributed by atoms with Crippen LogP contribution in [0.3, 0.4) is 0 Å². The fraction of sp³-hybridized carbons (Fsp3) is 0.308. The first-order valence-corrected chi connectivity index (χ1v) is 5.27. The Kier molecular flexibility index (Phi) is 4.44. The summed E-state index contributed by atoms with van der Waals surface area (Å²) in [6.45, 7) is 3.50. The Balaban J connectivity index is 3.06. The van der Waals surface area contributed by atoms with Crippen molar-refractivity contribution < 1.29 is 14.5 Å². The molecule has 0 amide bonds. The minimum Gasteiger partial charge on any atom is -0.468 e. The molecule has 0 aliphatic carbocycles. The van der Waals surface area contributed by atoms with E-state index in [1.54, 1.807) is 13.0 Å². The number of nitro benzene ring substituents is 1. The van der Waals surface area contributed by atoms with Crippen LogP contribution in [-0.4, -0.2) is 18.0 Å². The van der Waals surface area contributed by atoms with Crippen molar-refractivity contribution in [1.29, 1.82) is 0 Å². The molecular formula is C13H13NO4. The largest absolute Gasteiger partial charge is 0.468 e. The van der Waals surface area contributed by atoms with E-state index in [1.807, 2.05) is 6.92 Å². The minimum atomic E-state index is -0.444. The van der Waals surface area contributed by atoms with Crippen molar-refractivity contribution in [2.24, 2.45) is 0 Å². The summed E-state index contributed by atoms with van der Waals surface area (Å²) in [5.41, 5.74) is 2.02. The van der Waals surface area contributed by atoms with Crippen molar-refractivity contribution in [3.63, 3.8) is 0 Å². The Bertz CT molecular complexity index is 552. The highest BCUT2D eigenvalue weighted by molar-refractivity contribution is 5.72. The number of benzene rings is 1. The lowest BCUT2D eigenvalue weighted by atomic mass is 10.0. The van der Waals surface area contributed by atoms with Crippen LogP contribution in [0.25, 0.3) is 0 Å². The van der Waals surface area contributed by atoms with Gasteiger partial charge in [-0.25, -0.2) is 0 Å². The molecule has 0 atom stereocenters. The number of hydrogen-bond acceptors (Lipinski definition) is 4. The first-order chi connectivity index (χ1) is 8.45. The first-order valence-electron chi connectivity index (χ1n) is 5.27. The number of methoxy groups -OCH3 is 1. The maximum atomic E-state index is 10.9. The van der Waals surface area contributed by atoms with Gasteiger partial charge >= 0.3 is 5.97 Å². The van der Waals surface area contributed by atoms with Crippen molar-refractivity contribution in [2.45, 2.75) is 20.3 Å². The lowest BCUT2D eigenvalue weighted by Gasteiger charge is -2.01. The van der Waals surface area contributed by atoms with Crippen molar-refractivity contribution in [1.82, 2.24) is 0 Å². The summed E-state index contributed by atoms with van der Waals surface area (Å²) in [4.78, 5) is 21.2. The molecule has 0 saturated carbocycles. The van der Waals surface area contributed by atoms with Crippen molar-refractivity contribution >= 4 is 11.7 Å². The van der Waals surface area contributed by atoms with Gasteiger partial charge in [-0.3, -0.25) is 14.9 Å². The van der Waals surface area contributed by atoms with Gasteiger partial charge in [0.25, 0.3) is 5.69 Å². The summed E-state index contributed by atoms with van der Waals surface area (Å²) in [6, 6.07) is 3.13. The Morgan fingerprint density at radius 2 is 2.06 bits per heavy atom. The van der Waals surface area contributed by atoms with Crippen LogP contribution in [0.1, 0.15) is 23.1 Å². The van der Waals surface area contributed by atoms with Crippen LogP contribution in [0, 0.1) is 35.8 Å². The summed E-state index contributed by atoms with van der Waals surface area (Å²) < 4.78 is 4.45.